The molecule has 0 saturated carbocycles. The molecule has 2 rings (SSSR count). The summed E-state index contributed by atoms with van der Waals surface area (Å²) < 4.78 is 0. The molecule has 1 aromatic rings. The minimum absolute atomic E-state index is 0.557. The summed E-state index contributed by atoms with van der Waals surface area (Å²) in [5, 5.41) is 6.50. The largest absolute Gasteiger partial charge is 0.377 e. The third-order valence-corrected chi connectivity index (χ3v) is 2.60. The van der Waals surface area contributed by atoms with E-state index in [2.05, 4.69) is 22.7 Å². The second-order valence-electron chi connectivity index (χ2n) is 2.99. The maximum absolute atomic E-state index is 5.50. The number of hydrazone groups is 1. The molecule has 0 amide bonds. The molecule has 1 heterocycles. The summed E-state index contributed by atoms with van der Waals surface area (Å²) in [6.07, 6.45) is 0.866. The average molecular weight is 205 g/mol. The van der Waals surface area contributed by atoms with E-state index >= 15 is 0 Å². The molecule has 0 aromatic heterocycles. The standard InChI is InChI=1S/C10H11N3S/c11-10-13-12-9(7-14-10)6-8-4-2-1-3-5-8/h1-5,7,12H,6H2,(H2,11,13). The minimum Gasteiger partial charge on any atom is -0.377 e. The van der Waals surface area contributed by atoms with Gasteiger partial charge in [-0.2, -0.15) is 5.10 Å². The molecule has 14 heavy (non-hydrogen) atoms. The second-order valence-corrected chi connectivity index (χ2v) is 3.87. The van der Waals surface area contributed by atoms with E-state index in [1.807, 2.05) is 23.6 Å². The highest BCUT2D eigenvalue weighted by Gasteiger charge is 2.04. The Morgan fingerprint density at radius 1 is 1.29 bits per heavy atom. The Labute approximate surface area is 87.1 Å². The number of thioether (sulfide) groups is 1. The zero-order valence-corrected chi connectivity index (χ0v) is 8.42. The molecule has 3 nitrogen and oxygen atoms in total. The summed E-state index contributed by atoms with van der Waals surface area (Å²) in [7, 11) is 0. The molecule has 0 spiro atoms. The Hall–Kier alpha value is -1.42. The van der Waals surface area contributed by atoms with Crippen LogP contribution in [0, 0.1) is 0 Å². The first kappa shape index (κ1) is 9.15. The van der Waals surface area contributed by atoms with Gasteiger partial charge in [-0.3, -0.25) is 5.43 Å². The van der Waals surface area contributed by atoms with Crippen LogP contribution in [0.25, 0.3) is 0 Å². The number of benzene rings is 1. The minimum atomic E-state index is 0.557. The highest BCUT2D eigenvalue weighted by atomic mass is 32.2. The van der Waals surface area contributed by atoms with Gasteiger partial charge in [0.25, 0.3) is 0 Å². The van der Waals surface area contributed by atoms with Crippen LogP contribution in [0.5, 0.6) is 0 Å². The summed E-state index contributed by atoms with van der Waals surface area (Å²) >= 11 is 1.45. The molecular weight excluding hydrogens is 194 g/mol. The van der Waals surface area contributed by atoms with Crippen molar-refractivity contribution >= 4 is 16.9 Å². The van der Waals surface area contributed by atoms with Gasteiger partial charge in [0.05, 0.1) is 0 Å². The number of rotatable bonds is 2. The van der Waals surface area contributed by atoms with Crippen LogP contribution in [0.4, 0.5) is 0 Å². The first-order chi connectivity index (χ1) is 6.84. The number of amidine groups is 1. The molecule has 1 aliphatic heterocycles. The summed E-state index contributed by atoms with van der Waals surface area (Å²) in [4.78, 5) is 0. The van der Waals surface area contributed by atoms with Crippen LogP contribution in [-0.4, -0.2) is 5.17 Å². The maximum atomic E-state index is 5.50. The molecule has 0 unspecified atom stereocenters. The number of nitrogens with zero attached hydrogens (tertiary/aromatic N) is 1. The number of allylic oxidation sites excluding steroid dienone is 1. The van der Waals surface area contributed by atoms with E-state index < -0.39 is 0 Å². The molecule has 1 aromatic carbocycles. The van der Waals surface area contributed by atoms with Gasteiger partial charge in [0, 0.05) is 17.5 Å². The number of hydrogen-bond donors (Lipinski definition) is 2. The number of nitrogens with two attached hydrogens (primary N) is 1. The van der Waals surface area contributed by atoms with Crippen molar-refractivity contribution in [1.82, 2.24) is 5.43 Å². The Kier molecular flexibility index (Phi) is 2.74. The third kappa shape index (κ3) is 2.29. The van der Waals surface area contributed by atoms with E-state index in [0.29, 0.717) is 5.17 Å². The normalized spacial score (nSPS) is 15.4. The maximum Gasteiger partial charge on any atom is 0.182 e. The molecule has 1 aliphatic rings. The highest BCUT2D eigenvalue weighted by Crippen LogP contribution is 2.14. The fourth-order valence-corrected chi connectivity index (χ4v) is 1.71. The molecule has 0 saturated heterocycles. The van der Waals surface area contributed by atoms with Crippen LogP contribution >= 0.6 is 11.8 Å². The second kappa shape index (κ2) is 4.19. The molecular formula is C10H11N3S. The van der Waals surface area contributed by atoms with Crippen molar-refractivity contribution in [3.63, 3.8) is 0 Å². The molecule has 0 radical (unpaired) electrons. The van der Waals surface area contributed by atoms with Crippen molar-refractivity contribution in [2.24, 2.45) is 10.8 Å². The van der Waals surface area contributed by atoms with E-state index in [4.69, 9.17) is 5.73 Å². The Morgan fingerprint density at radius 3 is 2.71 bits per heavy atom. The topological polar surface area (TPSA) is 50.4 Å². The fourth-order valence-electron chi connectivity index (χ4n) is 1.21. The van der Waals surface area contributed by atoms with Gasteiger partial charge in [0.1, 0.15) is 0 Å². The number of hydrogen-bond acceptors (Lipinski definition) is 4. The van der Waals surface area contributed by atoms with Gasteiger partial charge in [-0.1, -0.05) is 42.1 Å². The highest BCUT2D eigenvalue weighted by molar-refractivity contribution is 8.16. The van der Waals surface area contributed by atoms with Crippen LogP contribution in [0.3, 0.4) is 0 Å². The average Bonchev–Trinajstić information content (AvgIpc) is 2.23. The quantitative estimate of drug-likeness (QED) is 0.771. The molecule has 0 fully saturated rings. The Balaban J connectivity index is 2.00. The van der Waals surface area contributed by atoms with Gasteiger partial charge in [-0.25, -0.2) is 0 Å². The van der Waals surface area contributed by atoms with Crippen LogP contribution in [0.1, 0.15) is 5.56 Å². The van der Waals surface area contributed by atoms with Crippen LogP contribution < -0.4 is 11.2 Å². The fraction of sp³-hybridized carbons (Fsp3) is 0.100. The lowest BCUT2D eigenvalue weighted by Crippen LogP contribution is -2.19. The Morgan fingerprint density at radius 2 is 2.07 bits per heavy atom. The van der Waals surface area contributed by atoms with E-state index in [0.717, 1.165) is 12.1 Å². The molecule has 4 heteroatoms. The van der Waals surface area contributed by atoms with Crippen LogP contribution in [0.2, 0.25) is 0 Å². The predicted molar refractivity (Wildman–Crippen MR) is 60.6 cm³/mol. The van der Waals surface area contributed by atoms with E-state index in [9.17, 15) is 0 Å². The van der Waals surface area contributed by atoms with Crippen LogP contribution in [0.15, 0.2) is 46.5 Å². The van der Waals surface area contributed by atoms with Gasteiger partial charge in [0.2, 0.25) is 0 Å². The van der Waals surface area contributed by atoms with Gasteiger partial charge < -0.3 is 5.73 Å². The first-order valence-electron chi connectivity index (χ1n) is 4.33. The lowest BCUT2D eigenvalue weighted by molar-refractivity contribution is 0.845. The van der Waals surface area contributed by atoms with Gasteiger partial charge in [-0.15, -0.1) is 0 Å². The van der Waals surface area contributed by atoms with Crippen molar-refractivity contribution < 1.29 is 0 Å². The van der Waals surface area contributed by atoms with E-state index in [-0.39, 0.29) is 0 Å². The van der Waals surface area contributed by atoms with E-state index in [1.165, 1.54) is 17.3 Å². The predicted octanol–water partition coefficient (Wildman–Crippen LogP) is 1.64. The summed E-state index contributed by atoms with van der Waals surface area (Å²) in [5.41, 5.74) is 10.8. The van der Waals surface area contributed by atoms with Crippen LogP contribution in [-0.2, 0) is 6.42 Å². The van der Waals surface area contributed by atoms with Gasteiger partial charge >= 0.3 is 0 Å². The van der Waals surface area contributed by atoms with E-state index in [1.54, 1.807) is 0 Å². The molecule has 0 aliphatic carbocycles. The molecule has 0 atom stereocenters. The van der Waals surface area contributed by atoms with Gasteiger partial charge in [0.15, 0.2) is 5.17 Å². The lowest BCUT2D eigenvalue weighted by Gasteiger charge is -2.11. The zero-order chi connectivity index (χ0) is 9.80. The zero-order valence-electron chi connectivity index (χ0n) is 7.60. The van der Waals surface area contributed by atoms with Crippen molar-refractivity contribution in [3.05, 3.63) is 47.0 Å². The monoisotopic (exact) mass is 205 g/mol. The molecule has 3 N–H and O–H groups in total. The molecule has 0 bridgehead atoms. The van der Waals surface area contributed by atoms with Crippen molar-refractivity contribution in [3.8, 4) is 0 Å². The Bertz CT molecular complexity index is 370. The molecule has 72 valence electrons. The number of nitrogens with one attached hydrogen (secondary N) is 1. The van der Waals surface area contributed by atoms with Crippen molar-refractivity contribution in [2.75, 3.05) is 0 Å². The lowest BCUT2D eigenvalue weighted by atomic mass is 10.1. The smallest absolute Gasteiger partial charge is 0.182 e. The summed E-state index contributed by atoms with van der Waals surface area (Å²) in [6, 6.07) is 10.3. The third-order valence-electron chi connectivity index (χ3n) is 1.87. The van der Waals surface area contributed by atoms with Gasteiger partial charge in [-0.05, 0) is 5.56 Å². The SMILES string of the molecule is NC1=NNC(Cc2ccccc2)=CS1. The first-order valence-corrected chi connectivity index (χ1v) is 5.21. The van der Waals surface area contributed by atoms with Crippen molar-refractivity contribution in [1.29, 1.82) is 0 Å². The summed E-state index contributed by atoms with van der Waals surface area (Å²) in [5.74, 6) is 0. The summed E-state index contributed by atoms with van der Waals surface area (Å²) in [6.45, 7) is 0. The van der Waals surface area contributed by atoms with Crippen molar-refractivity contribution in [2.45, 2.75) is 6.42 Å².